The summed E-state index contributed by atoms with van der Waals surface area (Å²) < 4.78 is 13.4. The Bertz CT molecular complexity index is 398. The van der Waals surface area contributed by atoms with Gasteiger partial charge in [-0.1, -0.05) is 6.07 Å². The van der Waals surface area contributed by atoms with Gasteiger partial charge >= 0.3 is 0 Å². The second kappa shape index (κ2) is 3.85. The fraction of sp³-hybridized carbons (Fsp3) is 0.571. The fourth-order valence-corrected chi connectivity index (χ4v) is 3.16. The van der Waals surface area contributed by atoms with E-state index >= 15 is 0 Å². The smallest absolute Gasteiger partial charge is 0.123 e. The van der Waals surface area contributed by atoms with Crippen LogP contribution in [0.25, 0.3) is 0 Å². The van der Waals surface area contributed by atoms with Crippen molar-refractivity contribution in [3.8, 4) is 0 Å². The third-order valence-electron chi connectivity index (χ3n) is 4.19. The Morgan fingerprint density at radius 1 is 1.12 bits per heavy atom. The Labute approximate surface area is 95.8 Å². The SMILES string of the molecule is NCC1CCC(C2CC2)c2cc(F)ccc21. The first-order valence-corrected chi connectivity index (χ1v) is 6.29. The molecule has 1 saturated carbocycles. The first-order chi connectivity index (χ1) is 7.79. The Hall–Kier alpha value is -0.890. The molecule has 16 heavy (non-hydrogen) atoms. The quantitative estimate of drug-likeness (QED) is 0.812. The highest BCUT2D eigenvalue weighted by atomic mass is 19.1. The molecule has 2 atom stereocenters. The summed E-state index contributed by atoms with van der Waals surface area (Å²) in [5.74, 6) is 1.78. The zero-order valence-electron chi connectivity index (χ0n) is 9.45. The third kappa shape index (κ3) is 1.65. The lowest BCUT2D eigenvalue weighted by Crippen LogP contribution is -2.21. The van der Waals surface area contributed by atoms with Crippen molar-refractivity contribution in [3.63, 3.8) is 0 Å². The van der Waals surface area contributed by atoms with Crippen LogP contribution in [0.4, 0.5) is 4.39 Å². The van der Waals surface area contributed by atoms with Gasteiger partial charge in [0.15, 0.2) is 0 Å². The normalized spacial score (nSPS) is 28.9. The summed E-state index contributed by atoms with van der Waals surface area (Å²) in [6.07, 6.45) is 5.03. The predicted molar refractivity (Wildman–Crippen MR) is 62.9 cm³/mol. The molecule has 2 N–H and O–H groups in total. The van der Waals surface area contributed by atoms with Gasteiger partial charge in [0.2, 0.25) is 0 Å². The average Bonchev–Trinajstić information content (AvgIpc) is 3.11. The second-order valence-corrected chi connectivity index (χ2v) is 5.23. The molecule has 0 aliphatic heterocycles. The molecular formula is C14H18FN. The van der Waals surface area contributed by atoms with Crippen LogP contribution in [0.2, 0.25) is 0 Å². The highest BCUT2D eigenvalue weighted by Crippen LogP contribution is 2.50. The van der Waals surface area contributed by atoms with Crippen molar-refractivity contribution in [1.82, 2.24) is 0 Å². The molecule has 0 bridgehead atoms. The van der Waals surface area contributed by atoms with Crippen LogP contribution in [-0.2, 0) is 0 Å². The second-order valence-electron chi connectivity index (χ2n) is 5.23. The van der Waals surface area contributed by atoms with E-state index in [0.717, 1.165) is 5.92 Å². The van der Waals surface area contributed by atoms with E-state index in [2.05, 4.69) is 0 Å². The molecule has 0 aromatic heterocycles. The monoisotopic (exact) mass is 219 g/mol. The average molecular weight is 219 g/mol. The van der Waals surface area contributed by atoms with E-state index in [1.807, 2.05) is 6.07 Å². The summed E-state index contributed by atoms with van der Waals surface area (Å²) >= 11 is 0. The van der Waals surface area contributed by atoms with Gasteiger partial charge in [-0.15, -0.1) is 0 Å². The topological polar surface area (TPSA) is 26.0 Å². The number of fused-ring (bicyclic) bond motifs is 1. The third-order valence-corrected chi connectivity index (χ3v) is 4.19. The van der Waals surface area contributed by atoms with Crippen LogP contribution >= 0.6 is 0 Å². The van der Waals surface area contributed by atoms with Crippen molar-refractivity contribution in [2.45, 2.75) is 37.5 Å². The van der Waals surface area contributed by atoms with Crippen molar-refractivity contribution < 1.29 is 4.39 Å². The van der Waals surface area contributed by atoms with Gasteiger partial charge in [-0.2, -0.15) is 0 Å². The molecule has 1 fully saturated rings. The van der Waals surface area contributed by atoms with Crippen LogP contribution in [-0.4, -0.2) is 6.54 Å². The zero-order valence-corrected chi connectivity index (χ0v) is 9.45. The van der Waals surface area contributed by atoms with Crippen molar-refractivity contribution >= 4 is 0 Å². The number of halogens is 1. The maximum Gasteiger partial charge on any atom is 0.123 e. The molecule has 0 saturated heterocycles. The van der Waals surface area contributed by atoms with Gasteiger partial charge in [0, 0.05) is 0 Å². The number of nitrogens with two attached hydrogens (primary N) is 1. The van der Waals surface area contributed by atoms with Gasteiger partial charge in [0.1, 0.15) is 5.82 Å². The Kier molecular flexibility index (Phi) is 2.47. The minimum Gasteiger partial charge on any atom is -0.330 e. The highest BCUT2D eigenvalue weighted by Gasteiger charge is 2.37. The molecule has 0 spiro atoms. The standard InChI is InChI=1S/C14H18FN/c15-11-4-6-13-10(8-16)3-5-12(9-1-2-9)14(13)7-11/h4,6-7,9-10,12H,1-3,5,8,16H2. The molecule has 2 unspecified atom stereocenters. The molecule has 0 heterocycles. The molecule has 3 rings (SSSR count). The van der Waals surface area contributed by atoms with Crippen LogP contribution < -0.4 is 5.73 Å². The molecule has 2 aliphatic carbocycles. The van der Waals surface area contributed by atoms with Crippen LogP contribution in [0.3, 0.4) is 0 Å². The summed E-state index contributed by atoms with van der Waals surface area (Å²) in [5.41, 5.74) is 8.37. The fourth-order valence-electron chi connectivity index (χ4n) is 3.16. The summed E-state index contributed by atoms with van der Waals surface area (Å²) in [5, 5.41) is 0. The Balaban J connectivity index is 2.02. The maximum absolute atomic E-state index is 13.4. The molecule has 86 valence electrons. The van der Waals surface area contributed by atoms with E-state index in [0.29, 0.717) is 18.4 Å². The summed E-state index contributed by atoms with van der Waals surface area (Å²) in [6.45, 7) is 0.690. The summed E-state index contributed by atoms with van der Waals surface area (Å²) in [6, 6.07) is 5.29. The van der Waals surface area contributed by atoms with Gasteiger partial charge in [0.25, 0.3) is 0 Å². The van der Waals surface area contributed by atoms with E-state index in [-0.39, 0.29) is 5.82 Å². The number of rotatable bonds is 2. The Morgan fingerprint density at radius 2 is 1.94 bits per heavy atom. The summed E-state index contributed by atoms with van der Waals surface area (Å²) in [4.78, 5) is 0. The van der Waals surface area contributed by atoms with E-state index in [9.17, 15) is 4.39 Å². The van der Waals surface area contributed by atoms with Gasteiger partial charge in [-0.25, -0.2) is 4.39 Å². The first-order valence-electron chi connectivity index (χ1n) is 6.29. The van der Waals surface area contributed by atoms with Crippen LogP contribution in [0.15, 0.2) is 18.2 Å². The lowest BCUT2D eigenvalue weighted by atomic mass is 9.74. The molecule has 2 heteroatoms. The van der Waals surface area contributed by atoms with Gasteiger partial charge in [-0.05, 0) is 73.2 Å². The van der Waals surface area contributed by atoms with E-state index in [1.165, 1.54) is 36.8 Å². The van der Waals surface area contributed by atoms with Gasteiger partial charge in [0.05, 0.1) is 0 Å². The minimum atomic E-state index is -0.0953. The van der Waals surface area contributed by atoms with E-state index in [1.54, 1.807) is 12.1 Å². The minimum absolute atomic E-state index is 0.0953. The maximum atomic E-state index is 13.4. The van der Waals surface area contributed by atoms with Gasteiger partial charge in [-0.3, -0.25) is 0 Å². The van der Waals surface area contributed by atoms with Crippen molar-refractivity contribution in [2.24, 2.45) is 11.7 Å². The summed E-state index contributed by atoms with van der Waals surface area (Å²) in [7, 11) is 0. The number of benzene rings is 1. The molecule has 1 aromatic rings. The van der Waals surface area contributed by atoms with Crippen LogP contribution in [0.5, 0.6) is 0 Å². The van der Waals surface area contributed by atoms with Crippen molar-refractivity contribution in [1.29, 1.82) is 0 Å². The van der Waals surface area contributed by atoms with Gasteiger partial charge < -0.3 is 5.73 Å². The largest absolute Gasteiger partial charge is 0.330 e. The number of hydrogen-bond donors (Lipinski definition) is 1. The molecule has 0 amide bonds. The Morgan fingerprint density at radius 3 is 2.62 bits per heavy atom. The number of hydrogen-bond acceptors (Lipinski definition) is 1. The lowest BCUT2D eigenvalue weighted by Gasteiger charge is -2.31. The van der Waals surface area contributed by atoms with Crippen molar-refractivity contribution in [3.05, 3.63) is 35.1 Å². The van der Waals surface area contributed by atoms with Crippen LogP contribution in [0, 0.1) is 11.7 Å². The highest BCUT2D eigenvalue weighted by molar-refractivity contribution is 5.37. The molecule has 0 radical (unpaired) electrons. The van der Waals surface area contributed by atoms with Crippen LogP contribution in [0.1, 0.15) is 48.6 Å². The lowest BCUT2D eigenvalue weighted by molar-refractivity contribution is 0.450. The predicted octanol–water partition coefficient (Wildman–Crippen LogP) is 3.16. The molecular weight excluding hydrogens is 201 g/mol. The van der Waals surface area contributed by atoms with E-state index < -0.39 is 0 Å². The molecule has 1 nitrogen and oxygen atoms in total. The van der Waals surface area contributed by atoms with Crippen molar-refractivity contribution in [2.75, 3.05) is 6.54 Å². The first kappa shape index (κ1) is 10.3. The zero-order chi connectivity index (χ0) is 11.1. The molecule has 1 aromatic carbocycles. The molecule has 2 aliphatic rings. The van der Waals surface area contributed by atoms with E-state index in [4.69, 9.17) is 5.73 Å².